The average Bonchev–Trinajstić information content (AvgIpc) is 2.47. The minimum Gasteiger partial charge on any atom is -0.380 e. The number of carbonyl (C=O) groups is 1. The number of aliphatic hydroxyl groups is 2. The third-order valence-corrected chi connectivity index (χ3v) is 2.77. The first-order chi connectivity index (χ1) is 8.70. The molecule has 0 aliphatic heterocycles. The number of ketones is 1. The van der Waals surface area contributed by atoms with Gasteiger partial charge in [-0.2, -0.15) is 0 Å². The molecule has 2 N–H and O–H groups in total. The van der Waals surface area contributed by atoms with Crippen LogP contribution in [0.1, 0.15) is 23.3 Å². The van der Waals surface area contributed by atoms with E-state index in [2.05, 4.69) is 0 Å². The van der Waals surface area contributed by atoms with Gasteiger partial charge in [-0.15, -0.1) is 0 Å². The van der Waals surface area contributed by atoms with E-state index in [0.717, 1.165) is 0 Å². The number of Topliss-reactive ketones (excluding diaryl/α,β-unsaturated/α-hetero) is 1. The molecule has 0 saturated carbocycles. The topological polar surface area (TPSA) is 57.5 Å². The predicted octanol–water partition coefficient (Wildman–Crippen LogP) is 2.02. The van der Waals surface area contributed by atoms with E-state index in [-0.39, 0.29) is 0 Å². The molecule has 0 radical (unpaired) electrons. The zero-order valence-corrected chi connectivity index (χ0v) is 9.73. The van der Waals surface area contributed by atoms with Gasteiger partial charge in [0.05, 0.1) is 0 Å². The van der Waals surface area contributed by atoms with Gasteiger partial charge in [-0.05, 0) is 11.1 Å². The fourth-order valence-corrected chi connectivity index (χ4v) is 1.75. The lowest BCUT2D eigenvalue weighted by Crippen LogP contribution is -2.20. The number of rotatable bonds is 4. The fraction of sp³-hybridized carbons (Fsp3) is 0.133. The van der Waals surface area contributed by atoms with E-state index in [1.807, 2.05) is 0 Å². The molecule has 92 valence electrons. The molecular formula is C15H14O3. The van der Waals surface area contributed by atoms with Gasteiger partial charge in [0, 0.05) is 0 Å². The van der Waals surface area contributed by atoms with E-state index in [1.54, 1.807) is 60.7 Å². The third kappa shape index (κ3) is 2.64. The van der Waals surface area contributed by atoms with Gasteiger partial charge in [0.1, 0.15) is 12.2 Å². The molecule has 2 atom stereocenters. The molecule has 0 aliphatic carbocycles. The van der Waals surface area contributed by atoms with Crippen LogP contribution in [0.25, 0.3) is 0 Å². The van der Waals surface area contributed by atoms with E-state index in [1.165, 1.54) is 0 Å². The number of aliphatic hydroxyl groups excluding tert-OH is 2. The molecule has 3 heteroatoms. The molecule has 0 saturated heterocycles. The van der Waals surface area contributed by atoms with Crippen LogP contribution < -0.4 is 0 Å². The van der Waals surface area contributed by atoms with Gasteiger partial charge in [-0.1, -0.05) is 60.7 Å². The van der Waals surface area contributed by atoms with Crippen LogP contribution >= 0.6 is 0 Å². The summed E-state index contributed by atoms with van der Waals surface area (Å²) in [5.74, 6) is -0.618. The normalized spacial score (nSPS) is 13.9. The van der Waals surface area contributed by atoms with Crippen molar-refractivity contribution >= 4 is 5.78 Å². The SMILES string of the molecule is O=C(C(O)c1ccccc1)C(O)c1ccccc1. The van der Waals surface area contributed by atoms with Crippen molar-refractivity contribution in [3.63, 3.8) is 0 Å². The summed E-state index contributed by atoms with van der Waals surface area (Å²) in [7, 11) is 0. The zero-order chi connectivity index (χ0) is 13.0. The second kappa shape index (κ2) is 5.58. The van der Waals surface area contributed by atoms with Gasteiger partial charge in [0.25, 0.3) is 0 Å². The number of hydrogen-bond donors (Lipinski definition) is 2. The summed E-state index contributed by atoms with van der Waals surface area (Å²) in [6.07, 6.45) is -2.61. The molecular weight excluding hydrogens is 228 g/mol. The van der Waals surface area contributed by atoms with Gasteiger partial charge < -0.3 is 10.2 Å². The molecule has 0 amide bonds. The Bertz CT molecular complexity index is 460. The van der Waals surface area contributed by atoms with Crippen LogP contribution in [0.3, 0.4) is 0 Å². The Labute approximate surface area is 105 Å². The van der Waals surface area contributed by atoms with Crippen molar-refractivity contribution in [1.82, 2.24) is 0 Å². The van der Waals surface area contributed by atoms with E-state index < -0.39 is 18.0 Å². The maximum atomic E-state index is 11.9. The summed E-state index contributed by atoms with van der Waals surface area (Å²) >= 11 is 0. The first kappa shape index (κ1) is 12.5. The molecule has 18 heavy (non-hydrogen) atoms. The summed E-state index contributed by atoms with van der Waals surface area (Å²) in [5, 5.41) is 19.8. The van der Waals surface area contributed by atoms with Gasteiger partial charge >= 0.3 is 0 Å². The summed E-state index contributed by atoms with van der Waals surface area (Å²) < 4.78 is 0. The first-order valence-corrected chi connectivity index (χ1v) is 5.70. The smallest absolute Gasteiger partial charge is 0.198 e. The molecule has 0 heterocycles. The van der Waals surface area contributed by atoms with E-state index in [9.17, 15) is 15.0 Å². The summed E-state index contributed by atoms with van der Waals surface area (Å²) in [6, 6.07) is 17.2. The van der Waals surface area contributed by atoms with Gasteiger partial charge in [0.2, 0.25) is 0 Å². The Kier molecular flexibility index (Phi) is 3.87. The highest BCUT2D eigenvalue weighted by Gasteiger charge is 2.25. The molecule has 2 aromatic carbocycles. The minimum absolute atomic E-state index is 0.484. The largest absolute Gasteiger partial charge is 0.380 e. The average molecular weight is 242 g/mol. The number of benzene rings is 2. The highest BCUT2D eigenvalue weighted by molar-refractivity contribution is 5.88. The van der Waals surface area contributed by atoms with Crippen LogP contribution in [0.2, 0.25) is 0 Å². The minimum atomic E-state index is -1.30. The van der Waals surface area contributed by atoms with Crippen molar-refractivity contribution in [2.45, 2.75) is 12.2 Å². The van der Waals surface area contributed by atoms with Crippen molar-refractivity contribution < 1.29 is 15.0 Å². The van der Waals surface area contributed by atoms with E-state index in [4.69, 9.17) is 0 Å². The molecule has 0 aliphatic rings. The second-order valence-corrected chi connectivity index (χ2v) is 4.03. The van der Waals surface area contributed by atoms with Crippen molar-refractivity contribution in [3.05, 3.63) is 71.8 Å². The third-order valence-electron chi connectivity index (χ3n) is 2.77. The van der Waals surface area contributed by atoms with Gasteiger partial charge in [-0.25, -0.2) is 0 Å². The van der Waals surface area contributed by atoms with Gasteiger partial charge in [0.15, 0.2) is 5.78 Å². The van der Waals surface area contributed by atoms with Crippen molar-refractivity contribution in [2.75, 3.05) is 0 Å². The maximum absolute atomic E-state index is 11.9. The van der Waals surface area contributed by atoms with Crippen molar-refractivity contribution in [3.8, 4) is 0 Å². The molecule has 0 spiro atoms. The zero-order valence-electron chi connectivity index (χ0n) is 9.73. The Balaban J connectivity index is 2.17. The van der Waals surface area contributed by atoms with E-state index >= 15 is 0 Å². The monoisotopic (exact) mass is 242 g/mol. The van der Waals surface area contributed by atoms with Crippen molar-refractivity contribution in [1.29, 1.82) is 0 Å². The molecule has 3 nitrogen and oxygen atoms in total. The van der Waals surface area contributed by atoms with Crippen molar-refractivity contribution in [2.24, 2.45) is 0 Å². The molecule has 2 rings (SSSR count). The quantitative estimate of drug-likeness (QED) is 0.862. The lowest BCUT2D eigenvalue weighted by Gasteiger charge is -2.15. The fourth-order valence-electron chi connectivity index (χ4n) is 1.75. The number of carbonyl (C=O) groups excluding carboxylic acids is 1. The van der Waals surface area contributed by atoms with Crippen LogP contribution in [0.4, 0.5) is 0 Å². The van der Waals surface area contributed by atoms with Crippen LogP contribution in [0.5, 0.6) is 0 Å². The lowest BCUT2D eigenvalue weighted by atomic mass is 9.98. The molecule has 0 aromatic heterocycles. The van der Waals surface area contributed by atoms with Gasteiger partial charge in [-0.3, -0.25) is 4.79 Å². The summed E-state index contributed by atoms with van der Waals surface area (Å²) in [5.41, 5.74) is 0.968. The number of hydrogen-bond acceptors (Lipinski definition) is 3. The summed E-state index contributed by atoms with van der Waals surface area (Å²) in [4.78, 5) is 11.9. The van der Waals surface area contributed by atoms with Crippen LogP contribution in [-0.2, 0) is 4.79 Å². The molecule has 2 unspecified atom stereocenters. The Morgan fingerprint density at radius 3 is 1.39 bits per heavy atom. The molecule has 0 fully saturated rings. The second-order valence-electron chi connectivity index (χ2n) is 4.03. The van der Waals surface area contributed by atoms with E-state index in [0.29, 0.717) is 11.1 Å². The lowest BCUT2D eigenvalue weighted by molar-refractivity contribution is -0.136. The Hall–Kier alpha value is -1.97. The highest BCUT2D eigenvalue weighted by Crippen LogP contribution is 2.22. The highest BCUT2D eigenvalue weighted by atomic mass is 16.3. The Morgan fingerprint density at radius 2 is 1.06 bits per heavy atom. The summed E-state index contributed by atoms with van der Waals surface area (Å²) in [6.45, 7) is 0. The molecule has 0 bridgehead atoms. The Morgan fingerprint density at radius 1 is 0.722 bits per heavy atom. The van der Waals surface area contributed by atoms with Crippen LogP contribution in [-0.4, -0.2) is 16.0 Å². The predicted molar refractivity (Wildman–Crippen MR) is 67.8 cm³/mol. The van der Waals surface area contributed by atoms with Crippen LogP contribution in [0, 0.1) is 0 Å². The maximum Gasteiger partial charge on any atom is 0.198 e. The molecule has 2 aromatic rings. The first-order valence-electron chi connectivity index (χ1n) is 5.70. The van der Waals surface area contributed by atoms with Crippen LogP contribution in [0.15, 0.2) is 60.7 Å². The standard InChI is InChI=1S/C15H14O3/c16-13(11-7-3-1-4-8-11)15(18)14(17)12-9-5-2-6-10-12/h1-10,13-14,16-17H.